The van der Waals surface area contributed by atoms with E-state index in [4.69, 9.17) is 9.47 Å². The summed E-state index contributed by atoms with van der Waals surface area (Å²) in [5.74, 6) is -2.58. The third kappa shape index (κ3) is 4.19. The molecule has 2 amide bonds. The first kappa shape index (κ1) is 26.4. The molecule has 8 heteroatoms. The van der Waals surface area contributed by atoms with E-state index in [1.54, 1.807) is 17.1 Å². The Morgan fingerprint density at radius 3 is 2.65 bits per heavy atom. The van der Waals surface area contributed by atoms with Crippen LogP contribution in [0.2, 0.25) is 0 Å². The van der Waals surface area contributed by atoms with Gasteiger partial charge in [-0.2, -0.15) is 0 Å². The number of carbonyl (C=O) groups is 3. The van der Waals surface area contributed by atoms with Gasteiger partial charge < -0.3 is 24.4 Å². The molecular formula is C26H40N2O6. The summed E-state index contributed by atoms with van der Waals surface area (Å²) < 4.78 is 12.1. The quantitative estimate of drug-likeness (QED) is 0.249. The number of fused-ring (bicyclic) bond motifs is 1. The molecule has 3 aliphatic rings. The fourth-order valence-corrected chi connectivity index (χ4v) is 6.11. The predicted octanol–water partition coefficient (Wildman–Crippen LogP) is 2.46. The van der Waals surface area contributed by atoms with Gasteiger partial charge in [-0.25, -0.2) is 0 Å². The maximum Gasteiger partial charge on any atom is 0.312 e. The minimum Gasteiger partial charge on any atom is -0.465 e. The molecule has 190 valence electrons. The minimum absolute atomic E-state index is 0.188. The molecule has 3 saturated heterocycles. The van der Waals surface area contributed by atoms with Gasteiger partial charge in [-0.05, 0) is 39.0 Å². The molecule has 2 unspecified atom stereocenters. The van der Waals surface area contributed by atoms with Gasteiger partial charge in [0.05, 0.1) is 30.8 Å². The van der Waals surface area contributed by atoms with E-state index in [0.29, 0.717) is 38.8 Å². The zero-order chi connectivity index (χ0) is 25.1. The molecule has 1 spiro atoms. The first-order valence-corrected chi connectivity index (χ1v) is 12.6. The van der Waals surface area contributed by atoms with Crippen molar-refractivity contribution in [1.29, 1.82) is 0 Å². The Kier molecular flexibility index (Phi) is 8.24. The Bertz CT molecular complexity index is 811. The molecule has 0 aliphatic carbocycles. The van der Waals surface area contributed by atoms with Crippen molar-refractivity contribution in [3.63, 3.8) is 0 Å². The van der Waals surface area contributed by atoms with E-state index in [1.807, 2.05) is 13.8 Å². The van der Waals surface area contributed by atoms with Crippen LogP contribution >= 0.6 is 0 Å². The summed E-state index contributed by atoms with van der Waals surface area (Å²) in [4.78, 5) is 44.4. The molecule has 3 aliphatic heterocycles. The summed E-state index contributed by atoms with van der Waals surface area (Å²) in [6.45, 7) is 14.1. The molecule has 1 N–H and O–H groups in total. The Balaban J connectivity index is 2.05. The number of rotatable bonds is 13. The predicted molar refractivity (Wildman–Crippen MR) is 128 cm³/mol. The second kappa shape index (κ2) is 10.6. The number of carbonyl (C=O) groups excluding carboxylic acids is 3. The van der Waals surface area contributed by atoms with Crippen LogP contribution in [-0.2, 0) is 23.9 Å². The van der Waals surface area contributed by atoms with E-state index < -0.39 is 41.1 Å². The van der Waals surface area contributed by atoms with Crippen LogP contribution in [0.1, 0.15) is 59.3 Å². The van der Waals surface area contributed by atoms with E-state index in [9.17, 15) is 19.5 Å². The van der Waals surface area contributed by atoms with Gasteiger partial charge in [0.15, 0.2) is 0 Å². The normalized spacial score (nSPS) is 32.4. The molecule has 0 aromatic rings. The molecule has 8 nitrogen and oxygen atoms in total. The monoisotopic (exact) mass is 476 g/mol. The van der Waals surface area contributed by atoms with E-state index in [2.05, 4.69) is 20.1 Å². The fourth-order valence-electron chi connectivity index (χ4n) is 6.11. The highest BCUT2D eigenvalue weighted by Crippen LogP contribution is 2.63. The zero-order valence-corrected chi connectivity index (χ0v) is 20.8. The van der Waals surface area contributed by atoms with Crippen molar-refractivity contribution < 1.29 is 29.0 Å². The van der Waals surface area contributed by atoms with Crippen LogP contribution in [0.3, 0.4) is 0 Å². The lowest BCUT2D eigenvalue weighted by Gasteiger charge is -2.39. The number of hydrogen-bond acceptors (Lipinski definition) is 6. The number of hydrogen-bond donors (Lipinski definition) is 1. The van der Waals surface area contributed by atoms with Gasteiger partial charge in [-0.15, -0.1) is 13.2 Å². The molecule has 34 heavy (non-hydrogen) atoms. The number of esters is 1. The van der Waals surface area contributed by atoms with E-state index >= 15 is 0 Å². The molecule has 0 aromatic carbocycles. The molecule has 6 atom stereocenters. The Morgan fingerprint density at radius 2 is 2.06 bits per heavy atom. The van der Waals surface area contributed by atoms with Crippen molar-refractivity contribution in [1.82, 2.24) is 9.80 Å². The molecule has 0 radical (unpaired) electrons. The van der Waals surface area contributed by atoms with Gasteiger partial charge in [-0.1, -0.05) is 32.4 Å². The standard InChI is InChI=1S/C26H40N2O6/c1-6-10-15-27(14-8-3)23(31)21-26-13-12-25(5,34-26)20(24(32)33-16-11-7-2)19(26)22(30)28(21)18(9-4)17-29/h7-8,18-21,29H,2-3,6,9-17H2,1,4-5H3/t18-,19-,20+,21?,25-,26?/m0/s1. The second-order valence-electron chi connectivity index (χ2n) is 9.89. The van der Waals surface area contributed by atoms with E-state index in [1.165, 1.54) is 4.90 Å². The Hall–Kier alpha value is -2.19. The molecule has 3 rings (SSSR count). The van der Waals surface area contributed by atoms with Crippen molar-refractivity contribution in [2.24, 2.45) is 11.8 Å². The van der Waals surface area contributed by atoms with Gasteiger partial charge in [0, 0.05) is 13.1 Å². The highest BCUT2D eigenvalue weighted by Gasteiger charge is 2.79. The zero-order valence-electron chi connectivity index (χ0n) is 20.8. The number of amides is 2. The number of ether oxygens (including phenoxy) is 2. The van der Waals surface area contributed by atoms with Crippen molar-refractivity contribution in [3.05, 3.63) is 25.3 Å². The first-order valence-electron chi connectivity index (χ1n) is 12.6. The summed E-state index contributed by atoms with van der Waals surface area (Å²) in [5.41, 5.74) is -1.98. The van der Waals surface area contributed by atoms with Crippen LogP contribution in [-0.4, -0.2) is 82.3 Å². The fraction of sp³-hybridized carbons (Fsp3) is 0.731. The third-order valence-electron chi connectivity index (χ3n) is 7.79. The van der Waals surface area contributed by atoms with Crippen molar-refractivity contribution >= 4 is 17.8 Å². The summed E-state index contributed by atoms with van der Waals surface area (Å²) in [6, 6.07) is -1.43. The summed E-state index contributed by atoms with van der Waals surface area (Å²) >= 11 is 0. The number of likely N-dealkylation sites (tertiary alicyclic amines) is 1. The molecule has 3 fully saturated rings. The maximum atomic E-state index is 14.0. The number of nitrogens with zero attached hydrogens (tertiary/aromatic N) is 2. The summed E-state index contributed by atoms with van der Waals surface area (Å²) in [6.07, 6.45) is 7.15. The first-order chi connectivity index (χ1) is 16.3. The van der Waals surface area contributed by atoms with Crippen molar-refractivity contribution in [2.45, 2.75) is 82.6 Å². The highest BCUT2D eigenvalue weighted by atomic mass is 16.6. The number of aliphatic hydroxyl groups excluding tert-OH is 1. The van der Waals surface area contributed by atoms with Crippen LogP contribution in [0.5, 0.6) is 0 Å². The van der Waals surface area contributed by atoms with Crippen LogP contribution in [0.4, 0.5) is 0 Å². The van der Waals surface area contributed by atoms with Crippen LogP contribution in [0.15, 0.2) is 25.3 Å². The number of unbranched alkanes of at least 4 members (excludes halogenated alkanes) is 1. The van der Waals surface area contributed by atoms with Gasteiger partial charge in [0.25, 0.3) is 0 Å². The van der Waals surface area contributed by atoms with Gasteiger partial charge in [0.2, 0.25) is 11.8 Å². The minimum atomic E-state index is -1.11. The SMILES string of the molecule is C=CCCOC(=O)[C@H]1[C@H]2C(=O)N([C@@H](CC)CO)C(C(=O)N(CC=C)CCCC)C23CC[C@]1(C)O3. The Morgan fingerprint density at radius 1 is 1.32 bits per heavy atom. The lowest BCUT2D eigenvalue weighted by Crippen LogP contribution is -2.58. The van der Waals surface area contributed by atoms with E-state index in [0.717, 1.165) is 12.8 Å². The molecular weight excluding hydrogens is 436 g/mol. The maximum absolute atomic E-state index is 14.0. The summed E-state index contributed by atoms with van der Waals surface area (Å²) in [7, 11) is 0. The topological polar surface area (TPSA) is 96.4 Å². The Labute approximate surface area is 202 Å². The van der Waals surface area contributed by atoms with Gasteiger partial charge in [0.1, 0.15) is 17.6 Å². The van der Waals surface area contributed by atoms with Crippen LogP contribution in [0.25, 0.3) is 0 Å². The van der Waals surface area contributed by atoms with E-state index in [-0.39, 0.29) is 25.0 Å². The van der Waals surface area contributed by atoms with Gasteiger partial charge in [-0.3, -0.25) is 14.4 Å². The largest absolute Gasteiger partial charge is 0.465 e. The highest BCUT2D eigenvalue weighted by molar-refractivity contribution is 5.98. The van der Waals surface area contributed by atoms with Crippen LogP contribution < -0.4 is 0 Å². The average Bonchev–Trinajstić information content (AvgIpc) is 3.38. The smallest absolute Gasteiger partial charge is 0.312 e. The third-order valence-corrected chi connectivity index (χ3v) is 7.79. The number of aliphatic hydroxyl groups is 1. The lowest BCUT2D eigenvalue weighted by molar-refractivity contribution is -0.162. The molecule has 0 saturated carbocycles. The summed E-state index contributed by atoms with van der Waals surface area (Å²) in [5, 5.41) is 10.1. The molecule has 3 heterocycles. The van der Waals surface area contributed by atoms with Crippen molar-refractivity contribution in [3.8, 4) is 0 Å². The molecule has 2 bridgehead atoms. The van der Waals surface area contributed by atoms with Crippen molar-refractivity contribution in [2.75, 3.05) is 26.3 Å². The lowest BCUT2D eigenvalue weighted by atomic mass is 9.66. The average molecular weight is 477 g/mol. The second-order valence-corrected chi connectivity index (χ2v) is 9.89. The molecule has 0 aromatic heterocycles. The van der Waals surface area contributed by atoms with Crippen LogP contribution in [0, 0.1) is 11.8 Å². The van der Waals surface area contributed by atoms with Gasteiger partial charge >= 0.3 is 5.97 Å².